The van der Waals surface area contributed by atoms with E-state index in [4.69, 9.17) is 5.73 Å². The van der Waals surface area contributed by atoms with Crippen LogP contribution in [0, 0.1) is 5.92 Å². The van der Waals surface area contributed by atoms with E-state index in [0.29, 0.717) is 5.56 Å². The standard InChI is InChI=1S/C15H21F3N2OS.ClH/c1-4-22-13(9(2)3)14(21)20-12-6-10(8-19)5-11(7-12)15(16,17)18;/h5-7,9,13H,4,8,19H2,1-3H3,(H,20,21);1H. The van der Waals surface area contributed by atoms with Crippen LogP contribution >= 0.6 is 24.2 Å². The molecular weight excluding hydrogens is 349 g/mol. The van der Waals surface area contributed by atoms with Crippen LogP contribution in [0.3, 0.4) is 0 Å². The molecule has 8 heteroatoms. The Hall–Kier alpha value is -0.920. The summed E-state index contributed by atoms with van der Waals surface area (Å²) in [6, 6.07) is 3.41. The highest BCUT2D eigenvalue weighted by atomic mass is 35.5. The molecule has 1 aromatic carbocycles. The smallest absolute Gasteiger partial charge is 0.326 e. The maximum Gasteiger partial charge on any atom is 0.416 e. The van der Waals surface area contributed by atoms with Gasteiger partial charge in [0.05, 0.1) is 10.8 Å². The minimum atomic E-state index is -4.47. The summed E-state index contributed by atoms with van der Waals surface area (Å²) in [6.07, 6.45) is -4.47. The zero-order chi connectivity index (χ0) is 16.9. The fourth-order valence-electron chi connectivity index (χ4n) is 2.01. The molecule has 1 atom stereocenters. The van der Waals surface area contributed by atoms with Gasteiger partial charge in [-0.1, -0.05) is 20.8 Å². The summed E-state index contributed by atoms with van der Waals surface area (Å²) in [5.74, 6) is 0.557. The van der Waals surface area contributed by atoms with Gasteiger partial charge in [-0.05, 0) is 35.4 Å². The van der Waals surface area contributed by atoms with Crippen molar-refractivity contribution in [3.63, 3.8) is 0 Å². The lowest BCUT2D eigenvalue weighted by molar-refractivity contribution is -0.137. The maximum absolute atomic E-state index is 12.9. The second-order valence-corrected chi connectivity index (χ2v) is 6.65. The van der Waals surface area contributed by atoms with Crippen molar-refractivity contribution in [3.8, 4) is 0 Å². The number of benzene rings is 1. The molecule has 132 valence electrons. The van der Waals surface area contributed by atoms with Gasteiger partial charge in [-0.25, -0.2) is 0 Å². The molecule has 1 amide bonds. The summed E-state index contributed by atoms with van der Waals surface area (Å²) in [5, 5.41) is 2.28. The number of anilines is 1. The van der Waals surface area contributed by atoms with Crippen LogP contribution < -0.4 is 11.1 Å². The minimum absolute atomic E-state index is 0. The molecule has 0 fully saturated rings. The molecule has 1 rings (SSSR count). The number of carbonyl (C=O) groups is 1. The van der Waals surface area contributed by atoms with Gasteiger partial charge in [0.1, 0.15) is 0 Å². The van der Waals surface area contributed by atoms with Crippen molar-refractivity contribution in [3.05, 3.63) is 29.3 Å². The van der Waals surface area contributed by atoms with Crippen LogP contribution in [0.15, 0.2) is 18.2 Å². The first kappa shape index (κ1) is 22.1. The number of carbonyl (C=O) groups excluding carboxylic acids is 1. The highest BCUT2D eigenvalue weighted by molar-refractivity contribution is 8.00. The van der Waals surface area contributed by atoms with Gasteiger partial charge in [0.15, 0.2) is 0 Å². The predicted octanol–water partition coefficient (Wildman–Crippen LogP) is 4.30. The van der Waals surface area contributed by atoms with Crippen molar-refractivity contribution in [2.24, 2.45) is 11.7 Å². The van der Waals surface area contributed by atoms with Gasteiger partial charge in [0.2, 0.25) is 5.91 Å². The number of amides is 1. The van der Waals surface area contributed by atoms with Crippen LogP contribution in [-0.2, 0) is 17.5 Å². The van der Waals surface area contributed by atoms with Gasteiger partial charge in [0.25, 0.3) is 0 Å². The molecule has 0 aliphatic heterocycles. The lowest BCUT2D eigenvalue weighted by atomic mass is 10.1. The van der Waals surface area contributed by atoms with E-state index in [1.54, 1.807) is 0 Å². The van der Waals surface area contributed by atoms with Crippen LogP contribution in [0.5, 0.6) is 0 Å². The van der Waals surface area contributed by atoms with E-state index >= 15 is 0 Å². The Kier molecular flexibility index (Phi) is 9.02. The normalized spacial score (nSPS) is 12.7. The van der Waals surface area contributed by atoms with Crippen LogP contribution in [-0.4, -0.2) is 16.9 Å². The number of thioether (sulfide) groups is 1. The molecule has 0 heterocycles. The molecule has 23 heavy (non-hydrogen) atoms. The number of alkyl halides is 3. The number of hydrogen-bond acceptors (Lipinski definition) is 3. The van der Waals surface area contributed by atoms with E-state index in [-0.39, 0.29) is 41.7 Å². The number of nitrogens with two attached hydrogens (primary N) is 1. The maximum atomic E-state index is 12.9. The van der Waals surface area contributed by atoms with E-state index in [1.807, 2.05) is 20.8 Å². The minimum Gasteiger partial charge on any atom is -0.326 e. The third-order valence-corrected chi connectivity index (χ3v) is 4.48. The van der Waals surface area contributed by atoms with E-state index in [9.17, 15) is 18.0 Å². The Morgan fingerprint density at radius 2 is 1.91 bits per heavy atom. The summed E-state index contributed by atoms with van der Waals surface area (Å²) in [7, 11) is 0. The van der Waals surface area contributed by atoms with Gasteiger partial charge < -0.3 is 11.1 Å². The first-order valence-corrected chi connectivity index (χ1v) is 8.07. The van der Waals surface area contributed by atoms with E-state index in [1.165, 1.54) is 17.8 Å². The van der Waals surface area contributed by atoms with Crippen molar-refractivity contribution < 1.29 is 18.0 Å². The van der Waals surface area contributed by atoms with Crippen LogP contribution in [0.2, 0.25) is 0 Å². The molecule has 3 N–H and O–H groups in total. The molecule has 0 saturated heterocycles. The summed E-state index contributed by atoms with van der Waals surface area (Å²) >= 11 is 1.47. The van der Waals surface area contributed by atoms with Crippen molar-refractivity contribution in [1.82, 2.24) is 0 Å². The fraction of sp³-hybridized carbons (Fsp3) is 0.533. The number of nitrogens with one attached hydrogen (secondary N) is 1. The lowest BCUT2D eigenvalue weighted by Crippen LogP contribution is -2.30. The van der Waals surface area contributed by atoms with Crippen molar-refractivity contribution in [1.29, 1.82) is 0 Å². The van der Waals surface area contributed by atoms with E-state index in [0.717, 1.165) is 17.9 Å². The average molecular weight is 371 g/mol. The first-order chi connectivity index (χ1) is 10.2. The SMILES string of the molecule is CCSC(C(=O)Nc1cc(CN)cc(C(F)(F)F)c1)C(C)C.Cl. The zero-order valence-electron chi connectivity index (χ0n) is 13.2. The van der Waals surface area contributed by atoms with Gasteiger partial charge in [-0.3, -0.25) is 4.79 Å². The topological polar surface area (TPSA) is 55.1 Å². The Labute approximate surface area is 145 Å². The Morgan fingerprint density at radius 1 is 1.30 bits per heavy atom. The average Bonchev–Trinajstić information content (AvgIpc) is 2.42. The summed E-state index contributed by atoms with van der Waals surface area (Å²) in [4.78, 5) is 12.3. The van der Waals surface area contributed by atoms with Crippen molar-refractivity contribution in [2.45, 2.75) is 38.7 Å². The third kappa shape index (κ3) is 6.61. The molecular formula is C15H22ClF3N2OS. The second-order valence-electron chi connectivity index (χ2n) is 5.23. The highest BCUT2D eigenvalue weighted by Crippen LogP contribution is 2.32. The highest BCUT2D eigenvalue weighted by Gasteiger charge is 2.31. The first-order valence-electron chi connectivity index (χ1n) is 7.02. The molecule has 0 radical (unpaired) electrons. The van der Waals surface area contributed by atoms with E-state index in [2.05, 4.69) is 5.32 Å². The molecule has 1 aromatic rings. The molecule has 0 aromatic heterocycles. The Morgan fingerprint density at radius 3 is 2.35 bits per heavy atom. The summed E-state index contributed by atoms with van der Waals surface area (Å²) < 4.78 is 38.6. The second kappa shape index (κ2) is 9.39. The molecule has 0 spiro atoms. The molecule has 1 unspecified atom stereocenters. The largest absolute Gasteiger partial charge is 0.416 e. The van der Waals surface area contributed by atoms with Gasteiger partial charge >= 0.3 is 6.18 Å². The molecule has 0 bridgehead atoms. The zero-order valence-corrected chi connectivity index (χ0v) is 14.9. The number of rotatable bonds is 6. The lowest BCUT2D eigenvalue weighted by Gasteiger charge is -2.20. The molecule has 3 nitrogen and oxygen atoms in total. The van der Waals surface area contributed by atoms with Gasteiger partial charge in [-0.2, -0.15) is 13.2 Å². The number of hydrogen-bond donors (Lipinski definition) is 2. The summed E-state index contributed by atoms with van der Waals surface area (Å²) in [6.45, 7) is 5.73. The van der Waals surface area contributed by atoms with Gasteiger partial charge in [0, 0.05) is 12.2 Å². The molecule has 0 saturated carbocycles. The number of halogens is 4. The van der Waals surface area contributed by atoms with E-state index < -0.39 is 11.7 Å². The van der Waals surface area contributed by atoms with Crippen molar-refractivity contribution in [2.75, 3.05) is 11.1 Å². The van der Waals surface area contributed by atoms with Gasteiger partial charge in [-0.15, -0.1) is 24.2 Å². The van der Waals surface area contributed by atoms with Crippen LogP contribution in [0.4, 0.5) is 18.9 Å². The predicted molar refractivity (Wildman–Crippen MR) is 92.0 cm³/mol. The molecule has 0 aliphatic carbocycles. The third-order valence-electron chi connectivity index (χ3n) is 3.03. The quantitative estimate of drug-likeness (QED) is 0.784. The molecule has 0 aliphatic rings. The Balaban J connectivity index is 0.00000484. The van der Waals surface area contributed by atoms with Crippen LogP contribution in [0.25, 0.3) is 0 Å². The fourth-order valence-corrected chi connectivity index (χ4v) is 2.96. The Bertz CT molecular complexity index is 524. The summed E-state index contributed by atoms with van der Waals surface area (Å²) in [5.41, 5.74) is 5.08. The van der Waals surface area contributed by atoms with Crippen molar-refractivity contribution >= 4 is 35.8 Å². The van der Waals surface area contributed by atoms with Crippen LogP contribution in [0.1, 0.15) is 31.9 Å². The monoisotopic (exact) mass is 370 g/mol.